The van der Waals surface area contributed by atoms with Crippen LogP contribution in [0.1, 0.15) is 0 Å². The van der Waals surface area contributed by atoms with E-state index in [2.05, 4.69) is 5.38 Å². The van der Waals surface area contributed by atoms with Crippen LogP contribution in [0.3, 0.4) is 0 Å². The van der Waals surface area contributed by atoms with E-state index in [9.17, 15) is 0 Å². The first-order valence-electron chi connectivity index (χ1n) is 5.86. The molecule has 0 aliphatic carbocycles. The standard InChI is InChI=1S/C15H11ClN2S/c16-12-8-6-11(7-9-12)14-10-19-15(17)18(14)13-4-2-1-3-5-13/h1-10,17H/p+1. The van der Waals surface area contributed by atoms with Gasteiger partial charge in [-0.15, -0.1) is 0 Å². The highest BCUT2D eigenvalue weighted by molar-refractivity contribution is 7.13. The lowest BCUT2D eigenvalue weighted by molar-refractivity contribution is -0.563. The summed E-state index contributed by atoms with van der Waals surface area (Å²) in [4.78, 5) is 0. The summed E-state index contributed by atoms with van der Waals surface area (Å²) in [6.45, 7) is 0. The zero-order valence-electron chi connectivity index (χ0n) is 10.1. The summed E-state index contributed by atoms with van der Waals surface area (Å²) in [5, 5.41) is 3.56. The summed E-state index contributed by atoms with van der Waals surface area (Å²) in [6, 6.07) is 17.9. The van der Waals surface area contributed by atoms with E-state index in [1.165, 1.54) is 11.3 Å². The van der Waals surface area contributed by atoms with Crippen LogP contribution in [0.2, 0.25) is 5.02 Å². The Bertz CT molecular complexity index is 690. The van der Waals surface area contributed by atoms with Crippen molar-refractivity contribution in [3.05, 3.63) is 65.0 Å². The number of aromatic nitrogens is 1. The van der Waals surface area contributed by atoms with Gasteiger partial charge in [0.05, 0.1) is 0 Å². The van der Waals surface area contributed by atoms with Crippen LogP contribution in [0.25, 0.3) is 16.9 Å². The van der Waals surface area contributed by atoms with E-state index in [1.807, 2.05) is 59.2 Å². The van der Waals surface area contributed by atoms with Gasteiger partial charge in [-0.1, -0.05) is 41.1 Å². The number of halogens is 1. The summed E-state index contributed by atoms with van der Waals surface area (Å²) in [7, 11) is 0. The fourth-order valence-corrected chi connectivity index (χ4v) is 2.91. The van der Waals surface area contributed by atoms with Gasteiger partial charge in [-0.2, -0.15) is 4.57 Å². The molecule has 0 radical (unpaired) electrons. The van der Waals surface area contributed by atoms with E-state index < -0.39 is 0 Å². The number of nitrogen functional groups attached to an aromatic ring is 1. The number of rotatable bonds is 2. The summed E-state index contributed by atoms with van der Waals surface area (Å²) in [5.41, 5.74) is 9.33. The molecular formula is C15H12ClN2S+. The molecule has 0 spiro atoms. The van der Waals surface area contributed by atoms with Crippen LogP contribution >= 0.6 is 22.9 Å². The molecule has 0 unspecified atom stereocenters. The van der Waals surface area contributed by atoms with Crippen LogP contribution < -0.4 is 10.3 Å². The molecule has 94 valence electrons. The van der Waals surface area contributed by atoms with Crippen LogP contribution in [-0.2, 0) is 0 Å². The van der Waals surface area contributed by atoms with E-state index in [1.54, 1.807) is 0 Å². The third-order valence-electron chi connectivity index (χ3n) is 2.91. The van der Waals surface area contributed by atoms with Gasteiger partial charge in [-0.3, -0.25) is 5.73 Å². The highest BCUT2D eigenvalue weighted by Crippen LogP contribution is 2.24. The van der Waals surface area contributed by atoms with Gasteiger partial charge < -0.3 is 0 Å². The molecule has 0 bridgehead atoms. The highest BCUT2D eigenvalue weighted by Gasteiger charge is 2.17. The quantitative estimate of drug-likeness (QED) is 0.711. The van der Waals surface area contributed by atoms with E-state index in [0.29, 0.717) is 0 Å². The molecule has 2 nitrogen and oxygen atoms in total. The monoisotopic (exact) mass is 287 g/mol. The molecule has 2 N–H and O–H groups in total. The van der Waals surface area contributed by atoms with Gasteiger partial charge in [-0.05, 0) is 36.4 Å². The number of anilines is 1. The Balaban J connectivity index is 2.16. The molecule has 2 aromatic carbocycles. The molecule has 1 aromatic heterocycles. The number of nitrogens with zero attached hydrogens (tertiary/aromatic N) is 1. The third-order valence-corrected chi connectivity index (χ3v) is 3.92. The summed E-state index contributed by atoms with van der Waals surface area (Å²) < 4.78 is 2.05. The maximum absolute atomic E-state index is 6.10. The van der Waals surface area contributed by atoms with Crippen LogP contribution in [0.15, 0.2) is 60.0 Å². The second-order valence-electron chi connectivity index (χ2n) is 4.14. The van der Waals surface area contributed by atoms with Crippen molar-refractivity contribution in [1.29, 1.82) is 0 Å². The second-order valence-corrected chi connectivity index (χ2v) is 5.46. The normalized spacial score (nSPS) is 10.6. The van der Waals surface area contributed by atoms with Crippen molar-refractivity contribution >= 4 is 28.1 Å². The molecule has 0 amide bonds. The minimum atomic E-state index is 0.734. The van der Waals surface area contributed by atoms with Crippen molar-refractivity contribution in [1.82, 2.24) is 0 Å². The Hall–Kier alpha value is -1.84. The zero-order chi connectivity index (χ0) is 13.2. The van der Waals surface area contributed by atoms with Crippen LogP contribution in [-0.4, -0.2) is 0 Å². The lowest BCUT2D eigenvalue weighted by Crippen LogP contribution is -2.33. The number of nitrogens with two attached hydrogens (primary N) is 1. The van der Waals surface area contributed by atoms with Gasteiger partial charge in [-0.25, -0.2) is 0 Å². The van der Waals surface area contributed by atoms with Crippen molar-refractivity contribution in [2.24, 2.45) is 0 Å². The third kappa shape index (κ3) is 2.35. The SMILES string of the molecule is Nc1scc(-c2ccc(Cl)cc2)[n+]1-c1ccccc1. The molecule has 0 atom stereocenters. The molecule has 3 rings (SSSR count). The van der Waals surface area contributed by atoms with Gasteiger partial charge in [0.15, 0.2) is 5.69 Å². The first kappa shape index (κ1) is 12.2. The second kappa shape index (κ2) is 5.03. The van der Waals surface area contributed by atoms with E-state index in [-0.39, 0.29) is 0 Å². The number of thiazole rings is 1. The predicted octanol–water partition coefficient (Wildman–Crippen LogP) is 3.93. The number of para-hydroxylation sites is 1. The molecule has 0 aliphatic heterocycles. The van der Waals surface area contributed by atoms with Crippen molar-refractivity contribution < 1.29 is 4.57 Å². The van der Waals surface area contributed by atoms with Crippen LogP contribution in [0.4, 0.5) is 5.13 Å². The first-order chi connectivity index (χ1) is 9.25. The Morgan fingerprint density at radius 2 is 1.63 bits per heavy atom. The largest absolute Gasteiger partial charge is 0.337 e. The number of hydrogen-bond acceptors (Lipinski definition) is 2. The first-order valence-corrected chi connectivity index (χ1v) is 7.12. The van der Waals surface area contributed by atoms with Gasteiger partial charge in [0, 0.05) is 16.0 Å². The minimum Gasteiger partial charge on any atom is -0.277 e. The average molecular weight is 288 g/mol. The minimum absolute atomic E-state index is 0.734. The predicted molar refractivity (Wildman–Crippen MR) is 80.7 cm³/mol. The molecule has 0 aliphatic rings. The van der Waals surface area contributed by atoms with E-state index in [4.69, 9.17) is 17.3 Å². The maximum Gasteiger partial charge on any atom is 0.337 e. The van der Waals surface area contributed by atoms with Crippen molar-refractivity contribution in [2.45, 2.75) is 0 Å². The molecule has 0 saturated heterocycles. The maximum atomic E-state index is 6.10. The van der Waals surface area contributed by atoms with Crippen molar-refractivity contribution in [3.63, 3.8) is 0 Å². The average Bonchev–Trinajstić information content (AvgIpc) is 2.82. The number of hydrogen-bond donors (Lipinski definition) is 1. The van der Waals surface area contributed by atoms with Gasteiger partial charge in [0.2, 0.25) is 0 Å². The molecule has 0 fully saturated rings. The van der Waals surface area contributed by atoms with Gasteiger partial charge in [0.25, 0.3) is 0 Å². The van der Waals surface area contributed by atoms with Crippen molar-refractivity contribution in [2.75, 3.05) is 5.73 Å². The Kier molecular flexibility index (Phi) is 3.23. The summed E-state index contributed by atoms with van der Waals surface area (Å²) in [6.07, 6.45) is 0. The lowest BCUT2D eigenvalue weighted by Gasteiger charge is -2.03. The Labute approximate surface area is 120 Å². The molecule has 3 aromatic rings. The van der Waals surface area contributed by atoms with Crippen LogP contribution in [0.5, 0.6) is 0 Å². The molecule has 1 heterocycles. The highest BCUT2D eigenvalue weighted by atomic mass is 35.5. The Morgan fingerprint density at radius 3 is 2.32 bits per heavy atom. The van der Waals surface area contributed by atoms with Gasteiger partial charge >= 0.3 is 5.13 Å². The fourth-order valence-electron chi connectivity index (χ4n) is 2.00. The van der Waals surface area contributed by atoms with E-state index in [0.717, 1.165) is 27.1 Å². The van der Waals surface area contributed by atoms with E-state index >= 15 is 0 Å². The topological polar surface area (TPSA) is 29.9 Å². The molecule has 4 heteroatoms. The smallest absolute Gasteiger partial charge is 0.277 e. The fraction of sp³-hybridized carbons (Fsp3) is 0. The molecule has 0 saturated carbocycles. The molecule has 19 heavy (non-hydrogen) atoms. The summed E-state index contributed by atoms with van der Waals surface area (Å²) in [5.74, 6) is 0. The summed E-state index contributed by atoms with van der Waals surface area (Å²) >= 11 is 7.46. The van der Waals surface area contributed by atoms with Gasteiger partial charge in [0.1, 0.15) is 5.69 Å². The zero-order valence-corrected chi connectivity index (χ0v) is 11.7. The van der Waals surface area contributed by atoms with Crippen molar-refractivity contribution in [3.8, 4) is 16.9 Å². The Morgan fingerprint density at radius 1 is 0.947 bits per heavy atom. The van der Waals surface area contributed by atoms with Crippen LogP contribution in [0, 0.1) is 0 Å². The molecular weight excluding hydrogens is 276 g/mol. The number of benzene rings is 2. The lowest BCUT2D eigenvalue weighted by atomic mass is 10.1.